The fourth-order valence-electron chi connectivity index (χ4n) is 7.65. The van der Waals surface area contributed by atoms with E-state index < -0.39 is 30.7 Å². The Balaban J connectivity index is 1.03. The number of piperidine rings is 2. The Kier molecular flexibility index (Phi) is 11.6. The smallest absolute Gasteiger partial charge is 0.451 e. The Hall–Kier alpha value is -4.31. The second kappa shape index (κ2) is 16.2. The minimum Gasteiger partial charge on any atom is -0.509 e. The Bertz CT molecular complexity index is 1620. The molecule has 2 N–H and O–H groups in total. The third-order valence-electron chi connectivity index (χ3n) is 10.7. The van der Waals surface area contributed by atoms with Crippen molar-refractivity contribution in [3.8, 4) is 5.75 Å². The highest BCUT2D eigenvalue weighted by atomic mass is 19.4. The van der Waals surface area contributed by atoms with Crippen LogP contribution in [-0.2, 0) is 27.2 Å². The molecule has 52 heavy (non-hydrogen) atoms. The molecule has 2 aromatic rings. The van der Waals surface area contributed by atoms with Gasteiger partial charge in [0.05, 0.1) is 6.54 Å². The summed E-state index contributed by atoms with van der Waals surface area (Å²) < 4.78 is 44.1. The highest BCUT2D eigenvalue weighted by Gasteiger charge is 2.40. The number of halogens is 3. The lowest BCUT2D eigenvalue weighted by molar-refractivity contribution is -0.172. The van der Waals surface area contributed by atoms with E-state index >= 15 is 0 Å². The van der Waals surface area contributed by atoms with Crippen LogP contribution in [0.2, 0.25) is 0 Å². The van der Waals surface area contributed by atoms with Crippen molar-refractivity contribution < 1.29 is 42.2 Å². The maximum absolute atomic E-state index is 14.0. The van der Waals surface area contributed by atoms with E-state index in [0.717, 1.165) is 17.7 Å². The van der Waals surface area contributed by atoms with Crippen molar-refractivity contribution >= 4 is 42.8 Å². The first-order valence-electron chi connectivity index (χ1n) is 17.9. The van der Waals surface area contributed by atoms with Gasteiger partial charge in [0.15, 0.2) is 6.10 Å². The fourth-order valence-corrected chi connectivity index (χ4v) is 7.65. The molecule has 4 aliphatic rings. The maximum atomic E-state index is 14.0. The number of anilines is 1. The van der Waals surface area contributed by atoms with Crippen LogP contribution in [0.3, 0.4) is 0 Å². The van der Waals surface area contributed by atoms with Crippen molar-refractivity contribution in [2.24, 2.45) is 0 Å². The van der Waals surface area contributed by atoms with E-state index in [-0.39, 0.29) is 41.7 Å². The zero-order chi connectivity index (χ0) is 37.0. The van der Waals surface area contributed by atoms with Gasteiger partial charge in [-0.1, -0.05) is 35.8 Å². The number of phenols is 1. The van der Waals surface area contributed by atoms with E-state index in [1.165, 1.54) is 11.0 Å². The summed E-state index contributed by atoms with van der Waals surface area (Å²) in [5.74, 6) is -2.18. The summed E-state index contributed by atoms with van der Waals surface area (Å²) in [6, 6.07) is 12.3. The lowest BCUT2D eigenvalue weighted by atomic mass is 9.91. The van der Waals surface area contributed by atoms with E-state index in [1.54, 1.807) is 21.9 Å². The van der Waals surface area contributed by atoms with Gasteiger partial charge < -0.3 is 29.9 Å². The first kappa shape index (κ1) is 37.5. The second-order valence-electron chi connectivity index (χ2n) is 14.0. The van der Waals surface area contributed by atoms with E-state index in [2.05, 4.69) is 10.2 Å². The molecule has 12 nitrogen and oxygen atoms in total. The SMILES string of the molecule is [B]c1cc(C[C@@H](OC(=O)N2CCC(N3CCc4ccccc4NC3=O)CC2)C(=O)N2CCC(N3CCN(CC(=O)C(F)(F)F)CC3)CC2)ccc1O. The predicted octanol–water partition coefficient (Wildman–Crippen LogP) is 2.53. The Morgan fingerprint density at radius 3 is 2.21 bits per heavy atom. The summed E-state index contributed by atoms with van der Waals surface area (Å²) in [6.45, 7) is 3.23. The Morgan fingerprint density at radius 2 is 1.54 bits per heavy atom. The minimum atomic E-state index is -4.84. The zero-order valence-electron chi connectivity index (χ0n) is 29.0. The number of hydrogen-bond acceptors (Lipinski definition) is 8. The number of aromatic hydroxyl groups is 1. The molecule has 3 saturated heterocycles. The standard InChI is InChI=1S/C36H44BF3N6O6/c37-28-21-24(5-6-30(28)47)22-31(33(49)44-12-8-26(9-13-44)43-19-17-42(18-20-43)23-32(48)36(38,39)40)52-35(51)45-14-10-27(11-15-45)46-16-7-25-3-1-2-4-29(25)41-34(46)50/h1-6,21,26-27,31,47H,7-20,22-23H2,(H,41,50)/t31-/m1/s1. The van der Waals surface area contributed by atoms with E-state index in [1.807, 2.05) is 29.2 Å². The van der Waals surface area contributed by atoms with Crippen molar-refractivity contribution in [2.45, 2.75) is 62.9 Å². The van der Waals surface area contributed by atoms with Crippen molar-refractivity contribution in [3.05, 3.63) is 53.6 Å². The number of likely N-dealkylation sites (tertiary alicyclic amines) is 2. The summed E-state index contributed by atoms with van der Waals surface area (Å²) in [5.41, 5.74) is 2.65. The molecular weight excluding hydrogens is 680 g/mol. The summed E-state index contributed by atoms with van der Waals surface area (Å²) in [6.07, 6.45) is -3.41. The molecule has 3 fully saturated rings. The van der Waals surface area contributed by atoms with Gasteiger partial charge in [0.25, 0.3) is 5.91 Å². The molecule has 0 bridgehead atoms. The third-order valence-corrected chi connectivity index (χ3v) is 10.7. The van der Waals surface area contributed by atoms with Crippen LogP contribution in [0.25, 0.3) is 0 Å². The highest BCUT2D eigenvalue weighted by molar-refractivity contribution is 6.34. The number of Topliss-reactive ketones (excluding diaryl/α,β-unsaturated/α-hetero) is 1. The average Bonchev–Trinajstić information content (AvgIpc) is 3.30. The molecule has 1 atom stereocenters. The van der Waals surface area contributed by atoms with Crippen LogP contribution in [0.4, 0.5) is 28.4 Å². The highest BCUT2D eigenvalue weighted by Crippen LogP contribution is 2.26. The van der Waals surface area contributed by atoms with Crippen LogP contribution < -0.4 is 10.8 Å². The van der Waals surface area contributed by atoms with Gasteiger partial charge in [-0.3, -0.25) is 19.4 Å². The number of fused-ring (bicyclic) bond motifs is 1. The number of nitrogens with one attached hydrogen (secondary N) is 1. The number of ether oxygens (including phenoxy) is 1. The number of para-hydroxylation sites is 1. The lowest BCUT2D eigenvalue weighted by Gasteiger charge is -2.43. The Morgan fingerprint density at radius 1 is 0.885 bits per heavy atom. The largest absolute Gasteiger partial charge is 0.509 e. The van der Waals surface area contributed by atoms with Gasteiger partial charge in [-0.15, -0.1) is 0 Å². The van der Waals surface area contributed by atoms with E-state index in [0.29, 0.717) is 90.1 Å². The molecule has 0 unspecified atom stereocenters. The molecule has 278 valence electrons. The minimum absolute atomic E-state index is 0.0533. The van der Waals surface area contributed by atoms with Crippen LogP contribution in [0.1, 0.15) is 36.8 Å². The monoisotopic (exact) mass is 724 g/mol. The van der Waals surface area contributed by atoms with Gasteiger partial charge in [0.1, 0.15) is 13.6 Å². The molecule has 0 saturated carbocycles. The molecule has 4 heterocycles. The number of urea groups is 1. The summed E-state index contributed by atoms with van der Waals surface area (Å²) >= 11 is 0. The van der Waals surface area contributed by atoms with Gasteiger partial charge in [0.2, 0.25) is 5.78 Å². The third kappa shape index (κ3) is 9.00. The number of rotatable bonds is 8. The second-order valence-corrected chi connectivity index (χ2v) is 14.0. The van der Waals surface area contributed by atoms with Crippen molar-refractivity contribution in [2.75, 3.05) is 70.8 Å². The lowest BCUT2D eigenvalue weighted by Crippen LogP contribution is -2.56. The molecular formula is C36H44BF3N6O6. The number of piperazine rings is 1. The molecule has 0 aromatic heterocycles. The number of nitrogens with zero attached hydrogens (tertiary/aromatic N) is 5. The van der Waals surface area contributed by atoms with Gasteiger partial charge in [-0.25, -0.2) is 9.59 Å². The van der Waals surface area contributed by atoms with Gasteiger partial charge in [-0.05, 0) is 55.4 Å². The molecule has 6 rings (SSSR count). The number of alkyl halides is 3. The number of amides is 4. The van der Waals surface area contributed by atoms with Gasteiger partial charge in [-0.2, -0.15) is 13.2 Å². The maximum Gasteiger partial charge on any atom is 0.451 e. The van der Waals surface area contributed by atoms with Crippen LogP contribution in [0.15, 0.2) is 42.5 Å². The average molecular weight is 725 g/mol. The molecule has 16 heteroatoms. The number of carbonyl (C=O) groups excluding carboxylic acids is 4. The van der Waals surface area contributed by atoms with Gasteiger partial charge in [0, 0.05) is 83.1 Å². The van der Waals surface area contributed by atoms with Gasteiger partial charge >= 0.3 is 18.3 Å². The van der Waals surface area contributed by atoms with Crippen molar-refractivity contribution in [3.63, 3.8) is 0 Å². The fraction of sp³-hybridized carbons (Fsp3) is 0.556. The summed E-state index contributed by atoms with van der Waals surface area (Å²) in [7, 11) is 5.92. The van der Waals surface area contributed by atoms with Crippen molar-refractivity contribution in [1.82, 2.24) is 24.5 Å². The number of ketones is 1. The molecule has 4 amide bonds. The van der Waals surface area contributed by atoms with Crippen molar-refractivity contribution in [1.29, 1.82) is 0 Å². The topological polar surface area (TPSA) is 126 Å². The first-order valence-corrected chi connectivity index (χ1v) is 17.9. The zero-order valence-corrected chi connectivity index (χ0v) is 29.0. The van der Waals surface area contributed by atoms with Crippen LogP contribution in [0, 0.1) is 0 Å². The number of carbonyl (C=O) groups is 4. The summed E-state index contributed by atoms with van der Waals surface area (Å²) in [5, 5.41) is 12.9. The molecule has 2 aromatic carbocycles. The normalized spacial score (nSPS) is 20.5. The van der Waals surface area contributed by atoms with E-state index in [4.69, 9.17) is 12.6 Å². The summed E-state index contributed by atoms with van der Waals surface area (Å²) in [4.78, 5) is 60.8. The van der Waals surface area contributed by atoms with Crippen LogP contribution in [0.5, 0.6) is 5.75 Å². The number of benzene rings is 2. The van der Waals surface area contributed by atoms with Crippen LogP contribution in [-0.4, -0.2) is 151 Å². The van der Waals surface area contributed by atoms with Crippen LogP contribution >= 0.6 is 0 Å². The first-order chi connectivity index (χ1) is 24.9. The molecule has 0 spiro atoms. The molecule has 4 aliphatic heterocycles. The quantitative estimate of drug-likeness (QED) is 0.399. The molecule has 0 aliphatic carbocycles. The molecule has 2 radical (unpaired) electrons. The number of phenolic OH excluding ortho intramolecular Hbond substituents is 1. The van der Waals surface area contributed by atoms with E-state index in [9.17, 15) is 37.5 Å². The predicted molar refractivity (Wildman–Crippen MR) is 187 cm³/mol. The Labute approximate surface area is 302 Å². The number of hydrogen-bond donors (Lipinski definition) is 2.